The first-order chi connectivity index (χ1) is 17.0. The van der Waals surface area contributed by atoms with Crippen LogP contribution in [0.3, 0.4) is 0 Å². The van der Waals surface area contributed by atoms with Gasteiger partial charge in [-0.2, -0.15) is 15.5 Å². The van der Waals surface area contributed by atoms with E-state index in [-0.39, 0.29) is 11.9 Å². The van der Waals surface area contributed by atoms with Crippen LogP contribution in [0.15, 0.2) is 24.5 Å². The zero-order valence-corrected chi connectivity index (χ0v) is 20.2. The lowest BCUT2D eigenvalue weighted by molar-refractivity contribution is -0.129. The monoisotopic (exact) mass is 471 g/mol. The van der Waals surface area contributed by atoms with Gasteiger partial charge in [-0.1, -0.05) is 6.07 Å². The molecule has 3 aliphatic rings. The lowest BCUT2D eigenvalue weighted by Gasteiger charge is -2.33. The molecule has 3 aromatic rings. The van der Waals surface area contributed by atoms with Crippen molar-refractivity contribution in [3.05, 3.63) is 46.9 Å². The largest absolute Gasteiger partial charge is 0.379 e. The molecule has 0 N–H and O–H groups in total. The molecule has 0 aliphatic carbocycles. The maximum absolute atomic E-state index is 12.2. The Labute approximate surface area is 204 Å². The lowest BCUT2D eigenvalue weighted by Crippen LogP contribution is -2.35. The van der Waals surface area contributed by atoms with Crippen molar-refractivity contribution in [1.82, 2.24) is 24.5 Å². The van der Waals surface area contributed by atoms with Gasteiger partial charge in [0.05, 0.1) is 31.0 Å². The van der Waals surface area contributed by atoms with Crippen molar-refractivity contribution in [3.8, 4) is 17.2 Å². The molecule has 1 atom stereocenters. The zero-order chi connectivity index (χ0) is 24.1. The Balaban J connectivity index is 1.47. The van der Waals surface area contributed by atoms with E-state index >= 15 is 0 Å². The van der Waals surface area contributed by atoms with Crippen molar-refractivity contribution < 1.29 is 9.53 Å². The maximum atomic E-state index is 12.2. The summed E-state index contributed by atoms with van der Waals surface area (Å²) in [6, 6.07) is 6.86. The lowest BCUT2D eigenvalue weighted by atomic mass is 9.91. The number of nitrogens with zero attached hydrogens (tertiary/aromatic N) is 7. The van der Waals surface area contributed by atoms with E-state index in [0.29, 0.717) is 25.3 Å². The van der Waals surface area contributed by atoms with Gasteiger partial charge in [-0.05, 0) is 30.9 Å². The number of carbonyl (C=O) groups is 1. The van der Waals surface area contributed by atoms with Crippen molar-refractivity contribution in [2.24, 2.45) is 7.05 Å². The molecular formula is C26H29N7O2. The van der Waals surface area contributed by atoms with E-state index < -0.39 is 0 Å². The summed E-state index contributed by atoms with van der Waals surface area (Å²) in [6.07, 6.45) is 7.28. The number of amides is 1. The van der Waals surface area contributed by atoms with Crippen LogP contribution in [0.25, 0.3) is 11.1 Å². The second-order valence-electron chi connectivity index (χ2n) is 9.66. The van der Waals surface area contributed by atoms with Crippen LogP contribution in [0.2, 0.25) is 0 Å². The normalized spacial score (nSPS) is 19.4. The maximum Gasteiger partial charge on any atom is 0.219 e. The Morgan fingerprint density at radius 2 is 2.11 bits per heavy atom. The van der Waals surface area contributed by atoms with Gasteiger partial charge in [0.25, 0.3) is 0 Å². The van der Waals surface area contributed by atoms with E-state index in [1.165, 1.54) is 5.69 Å². The Morgan fingerprint density at radius 1 is 1.23 bits per heavy atom. The molecular weight excluding hydrogens is 442 g/mol. The Hall–Kier alpha value is -3.64. The molecule has 6 rings (SSSR count). The number of aromatic nitrogens is 4. The third-order valence-corrected chi connectivity index (χ3v) is 7.53. The molecule has 9 nitrogen and oxygen atoms in total. The molecule has 180 valence electrons. The number of fused-ring (bicyclic) bond motifs is 2. The summed E-state index contributed by atoms with van der Waals surface area (Å²) in [5.41, 5.74) is 7.02. The molecule has 1 saturated heterocycles. The van der Waals surface area contributed by atoms with Crippen molar-refractivity contribution >= 4 is 17.4 Å². The van der Waals surface area contributed by atoms with E-state index in [1.54, 1.807) is 17.8 Å². The average molecular weight is 472 g/mol. The van der Waals surface area contributed by atoms with E-state index in [1.807, 2.05) is 24.2 Å². The molecule has 35 heavy (non-hydrogen) atoms. The number of benzene rings is 1. The van der Waals surface area contributed by atoms with E-state index in [4.69, 9.17) is 9.84 Å². The first-order valence-corrected chi connectivity index (χ1v) is 12.3. The minimum atomic E-state index is 0.0884. The predicted molar refractivity (Wildman–Crippen MR) is 130 cm³/mol. The van der Waals surface area contributed by atoms with Gasteiger partial charge in [0.2, 0.25) is 5.91 Å². The van der Waals surface area contributed by atoms with Gasteiger partial charge >= 0.3 is 0 Å². The molecule has 0 spiro atoms. The third kappa shape index (κ3) is 3.60. The highest BCUT2D eigenvalue weighted by atomic mass is 16.5. The van der Waals surface area contributed by atoms with E-state index in [2.05, 4.69) is 26.8 Å². The van der Waals surface area contributed by atoms with Crippen molar-refractivity contribution in [2.75, 3.05) is 31.2 Å². The first kappa shape index (κ1) is 21.9. The highest BCUT2D eigenvalue weighted by Crippen LogP contribution is 2.42. The second-order valence-corrected chi connectivity index (χ2v) is 9.66. The van der Waals surface area contributed by atoms with Gasteiger partial charge in [0.15, 0.2) is 5.82 Å². The molecule has 9 heteroatoms. The van der Waals surface area contributed by atoms with Crippen molar-refractivity contribution in [2.45, 2.75) is 45.2 Å². The summed E-state index contributed by atoms with van der Waals surface area (Å²) < 4.78 is 9.60. The highest BCUT2D eigenvalue weighted by molar-refractivity contribution is 5.80. The zero-order valence-electron chi connectivity index (χ0n) is 20.2. The number of anilines is 2. The molecule has 0 saturated carbocycles. The first-order valence-electron chi connectivity index (χ1n) is 12.3. The fourth-order valence-corrected chi connectivity index (χ4v) is 5.76. The number of hydrogen-bond donors (Lipinski definition) is 0. The van der Waals surface area contributed by atoms with E-state index in [9.17, 15) is 10.1 Å². The summed E-state index contributed by atoms with van der Waals surface area (Å²) in [7, 11) is 1.88. The number of carbonyl (C=O) groups excluding carboxylic acids is 1. The fourth-order valence-electron chi connectivity index (χ4n) is 5.76. The number of ether oxygens (including phenoxy) is 1. The number of aryl methyl sites for hydroxylation is 1. The Morgan fingerprint density at radius 3 is 2.83 bits per heavy atom. The van der Waals surface area contributed by atoms with Crippen LogP contribution in [0, 0.1) is 11.3 Å². The SMILES string of the molecule is CC(=O)N1CCc2c(c(N3CCCc4c3ccc(-c3cnn(C)c3)c4C#N)nn2[C@H]2CCOC2)C1. The van der Waals surface area contributed by atoms with Gasteiger partial charge in [0.1, 0.15) is 6.07 Å². The van der Waals surface area contributed by atoms with Crippen LogP contribution < -0.4 is 4.90 Å². The van der Waals surface area contributed by atoms with Crippen molar-refractivity contribution in [1.29, 1.82) is 5.26 Å². The summed E-state index contributed by atoms with van der Waals surface area (Å²) in [4.78, 5) is 16.4. The fraction of sp³-hybridized carbons (Fsp3) is 0.462. The highest BCUT2D eigenvalue weighted by Gasteiger charge is 2.34. The molecule has 3 aliphatic heterocycles. The van der Waals surface area contributed by atoms with Crippen LogP contribution in [0.4, 0.5) is 11.5 Å². The molecule has 0 unspecified atom stereocenters. The molecule has 5 heterocycles. The summed E-state index contributed by atoms with van der Waals surface area (Å²) >= 11 is 0. The molecule has 1 aromatic carbocycles. The predicted octanol–water partition coefficient (Wildman–Crippen LogP) is 3.11. The summed E-state index contributed by atoms with van der Waals surface area (Å²) in [5, 5.41) is 19.6. The summed E-state index contributed by atoms with van der Waals surface area (Å²) in [5.74, 6) is 1.00. The van der Waals surface area contributed by atoms with E-state index in [0.717, 1.165) is 72.6 Å². The van der Waals surface area contributed by atoms with Crippen LogP contribution in [0.5, 0.6) is 0 Å². The number of nitriles is 1. The number of rotatable bonds is 3. The second kappa shape index (κ2) is 8.54. The van der Waals surface area contributed by atoms with Gasteiger partial charge in [0, 0.05) is 74.4 Å². The molecule has 2 aromatic heterocycles. The van der Waals surface area contributed by atoms with Gasteiger partial charge in [-0.15, -0.1) is 0 Å². The molecule has 1 fully saturated rings. The van der Waals surface area contributed by atoms with Crippen molar-refractivity contribution in [3.63, 3.8) is 0 Å². The quantitative estimate of drug-likeness (QED) is 0.583. The van der Waals surface area contributed by atoms with Crippen LogP contribution in [-0.2, 0) is 36.0 Å². The topological polar surface area (TPSA) is 92.2 Å². The van der Waals surface area contributed by atoms with Crippen LogP contribution in [0.1, 0.15) is 48.2 Å². The Kier molecular flexibility index (Phi) is 5.33. The van der Waals surface area contributed by atoms with Crippen LogP contribution >= 0.6 is 0 Å². The molecule has 0 radical (unpaired) electrons. The Bertz CT molecular complexity index is 1340. The molecule has 0 bridgehead atoms. The van der Waals surface area contributed by atoms with Crippen LogP contribution in [-0.4, -0.2) is 56.7 Å². The number of hydrogen-bond acceptors (Lipinski definition) is 6. The molecule has 1 amide bonds. The minimum Gasteiger partial charge on any atom is -0.379 e. The van der Waals surface area contributed by atoms with Gasteiger partial charge < -0.3 is 14.5 Å². The minimum absolute atomic E-state index is 0.0884. The third-order valence-electron chi connectivity index (χ3n) is 7.53. The average Bonchev–Trinajstić information content (AvgIpc) is 3.62. The standard InChI is InChI=1S/C26H29N7O2/c1-17(34)31-10-7-25-23(15-31)26(29-33(25)19-8-11-35-16-19)32-9-3-4-21-22(12-27)20(5-6-24(21)32)18-13-28-30(2)14-18/h5-6,13-14,19H,3-4,7-11,15-16H2,1-2H3/t19-/m0/s1. The summed E-state index contributed by atoms with van der Waals surface area (Å²) in [6.45, 7) is 5.17. The van der Waals surface area contributed by atoms with Gasteiger partial charge in [-0.25, -0.2) is 0 Å². The smallest absolute Gasteiger partial charge is 0.219 e. The van der Waals surface area contributed by atoms with Gasteiger partial charge in [-0.3, -0.25) is 14.2 Å².